The fraction of sp³-hybridized carbons (Fsp3) is 0.231. The number of hydrogen-bond donors (Lipinski definition) is 2. The Hall–Kier alpha value is -2.95. The maximum absolute atomic E-state index is 9.79. The molecule has 31 heavy (non-hydrogen) atoms. The highest BCUT2D eigenvalue weighted by molar-refractivity contribution is 6.18. The molecule has 2 N–H and O–H groups in total. The van der Waals surface area contributed by atoms with Crippen LogP contribution in [0.25, 0.3) is 11.1 Å². The summed E-state index contributed by atoms with van der Waals surface area (Å²) < 4.78 is 11.1. The van der Waals surface area contributed by atoms with Crippen LogP contribution in [-0.2, 0) is 0 Å². The molecule has 3 aromatic carbocycles. The van der Waals surface area contributed by atoms with Gasteiger partial charge in [-0.2, -0.15) is 0 Å². The molecule has 4 nitrogen and oxygen atoms in total. The van der Waals surface area contributed by atoms with Gasteiger partial charge in [-0.05, 0) is 77.7 Å². The molecule has 0 atom stereocenters. The first-order valence-corrected chi connectivity index (χ1v) is 10.8. The molecule has 0 aliphatic heterocycles. The van der Waals surface area contributed by atoms with E-state index < -0.39 is 0 Å². The van der Waals surface area contributed by atoms with Gasteiger partial charge in [0.15, 0.2) is 0 Å². The van der Waals surface area contributed by atoms with Crippen LogP contribution in [0, 0.1) is 0 Å². The number of phenols is 1. The molecular formula is C26H28ClNO3. The van der Waals surface area contributed by atoms with Crippen molar-refractivity contribution in [3.8, 4) is 17.2 Å². The summed E-state index contributed by atoms with van der Waals surface area (Å²) >= 11 is 6.22. The largest absolute Gasteiger partial charge is 0.508 e. The van der Waals surface area contributed by atoms with E-state index in [0.717, 1.165) is 45.9 Å². The van der Waals surface area contributed by atoms with Crippen molar-refractivity contribution in [1.82, 2.24) is 5.32 Å². The van der Waals surface area contributed by atoms with E-state index in [1.807, 2.05) is 43.4 Å². The number of likely N-dealkylation sites (N-methyl/N-ethyl adjacent to an activating group) is 1. The van der Waals surface area contributed by atoms with Gasteiger partial charge in [0.05, 0.1) is 7.11 Å². The van der Waals surface area contributed by atoms with Gasteiger partial charge in [-0.25, -0.2) is 0 Å². The van der Waals surface area contributed by atoms with Crippen molar-refractivity contribution >= 4 is 22.7 Å². The van der Waals surface area contributed by atoms with E-state index >= 15 is 0 Å². The van der Waals surface area contributed by atoms with Crippen LogP contribution in [-0.4, -0.2) is 38.3 Å². The average Bonchev–Trinajstić information content (AvgIpc) is 2.81. The van der Waals surface area contributed by atoms with E-state index in [9.17, 15) is 5.11 Å². The molecule has 5 heteroatoms. The lowest BCUT2D eigenvalue weighted by Crippen LogP contribution is -2.15. The summed E-state index contributed by atoms with van der Waals surface area (Å²) in [7, 11) is 3.56. The smallest absolute Gasteiger partial charge is 0.119 e. The zero-order valence-electron chi connectivity index (χ0n) is 17.9. The van der Waals surface area contributed by atoms with Gasteiger partial charge in [0, 0.05) is 12.4 Å². The second-order valence-electron chi connectivity index (χ2n) is 7.04. The Labute approximate surface area is 189 Å². The molecule has 0 amide bonds. The lowest BCUT2D eigenvalue weighted by atomic mass is 9.88. The van der Waals surface area contributed by atoms with Crippen LogP contribution in [0.4, 0.5) is 0 Å². The fourth-order valence-electron chi connectivity index (χ4n) is 3.43. The third kappa shape index (κ3) is 6.03. The molecule has 3 rings (SSSR count). The highest BCUT2D eigenvalue weighted by Gasteiger charge is 2.15. The quantitative estimate of drug-likeness (QED) is 0.247. The van der Waals surface area contributed by atoms with Crippen molar-refractivity contribution in [2.75, 3.05) is 33.2 Å². The third-order valence-electron chi connectivity index (χ3n) is 5.00. The van der Waals surface area contributed by atoms with Crippen LogP contribution in [0.5, 0.6) is 17.2 Å². The maximum Gasteiger partial charge on any atom is 0.119 e. The van der Waals surface area contributed by atoms with Crippen molar-refractivity contribution in [2.24, 2.45) is 0 Å². The first kappa shape index (κ1) is 22.7. The Morgan fingerprint density at radius 2 is 1.39 bits per heavy atom. The zero-order chi connectivity index (χ0) is 22.1. The number of ether oxygens (including phenoxy) is 2. The van der Waals surface area contributed by atoms with E-state index in [2.05, 4.69) is 29.6 Å². The van der Waals surface area contributed by atoms with Crippen molar-refractivity contribution < 1.29 is 14.6 Å². The summed E-state index contributed by atoms with van der Waals surface area (Å²) in [5.41, 5.74) is 5.36. The van der Waals surface area contributed by atoms with Gasteiger partial charge in [-0.15, -0.1) is 11.6 Å². The molecule has 0 bridgehead atoms. The monoisotopic (exact) mass is 437 g/mol. The predicted molar refractivity (Wildman–Crippen MR) is 128 cm³/mol. The number of phenolic OH excluding ortho intramolecular Hbond substituents is 1. The number of allylic oxidation sites excluding steroid dienone is 1. The molecule has 0 unspecified atom stereocenters. The number of benzene rings is 3. The summed E-state index contributed by atoms with van der Waals surface area (Å²) in [5.74, 6) is 2.36. The number of rotatable bonds is 10. The van der Waals surface area contributed by atoms with Crippen molar-refractivity contribution in [3.63, 3.8) is 0 Å². The molecule has 162 valence electrons. The molecule has 0 aliphatic carbocycles. The topological polar surface area (TPSA) is 50.7 Å². The highest BCUT2D eigenvalue weighted by atomic mass is 35.5. The second-order valence-corrected chi connectivity index (χ2v) is 7.42. The molecule has 0 aliphatic rings. The molecule has 0 saturated heterocycles. The number of alkyl halides is 1. The van der Waals surface area contributed by atoms with Gasteiger partial charge in [0.2, 0.25) is 0 Å². The van der Waals surface area contributed by atoms with Gasteiger partial charge < -0.3 is 19.9 Å². The SMILES string of the molecule is CNCCOc1ccc(/C(=C(/CCCl)c2ccc(OC)cc2)c2ccc(O)cc2)cc1. The van der Waals surface area contributed by atoms with Crippen LogP contribution in [0.3, 0.4) is 0 Å². The van der Waals surface area contributed by atoms with E-state index in [4.69, 9.17) is 21.1 Å². The Morgan fingerprint density at radius 1 is 0.839 bits per heavy atom. The zero-order valence-corrected chi connectivity index (χ0v) is 18.7. The van der Waals surface area contributed by atoms with Gasteiger partial charge in [-0.1, -0.05) is 36.4 Å². The summed E-state index contributed by atoms with van der Waals surface area (Å²) in [4.78, 5) is 0. The number of nitrogens with one attached hydrogen (secondary N) is 1. The van der Waals surface area contributed by atoms with Crippen molar-refractivity contribution in [2.45, 2.75) is 6.42 Å². The van der Waals surface area contributed by atoms with E-state index in [1.165, 1.54) is 0 Å². The van der Waals surface area contributed by atoms with Crippen LogP contribution in [0.1, 0.15) is 23.1 Å². The Bertz CT molecular complexity index is 981. The van der Waals surface area contributed by atoms with Crippen molar-refractivity contribution in [3.05, 3.63) is 89.5 Å². The number of halogens is 1. The minimum absolute atomic E-state index is 0.236. The average molecular weight is 438 g/mol. The van der Waals surface area contributed by atoms with Gasteiger partial charge in [0.25, 0.3) is 0 Å². The van der Waals surface area contributed by atoms with Gasteiger partial charge in [0.1, 0.15) is 23.9 Å². The van der Waals surface area contributed by atoms with Crippen LogP contribution in [0.2, 0.25) is 0 Å². The van der Waals surface area contributed by atoms with Crippen LogP contribution in [0.15, 0.2) is 72.8 Å². The van der Waals surface area contributed by atoms with E-state index in [0.29, 0.717) is 18.9 Å². The van der Waals surface area contributed by atoms with E-state index in [1.54, 1.807) is 19.2 Å². The molecule has 0 radical (unpaired) electrons. The highest BCUT2D eigenvalue weighted by Crippen LogP contribution is 2.36. The lowest BCUT2D eigenvalue weighted by Gasteiger charge is -2.18. The summed E-state index contributed by atoms with van der Waals surface area (Å²) in [5, 5.41) is 12.9. The Morgan fingerprint density at radius 3 is 1.94 bits per heavy atom. The Kier molecular flexibility index (Phi) is 8.39. The molecule has 0 fully saturated rings. The van der Waals surface area contributed by atoms with Crippen LogP contribution >= 0.6 is 11.6 Å². The molecule has 0 saturated carbocycles. The summed E-state index contributed by atoms with van der Waals surface area (Å²) in [6.07, 6.45) is 0.699. The minimum Gasteiger partial charge on any atom is -0.508 e. The number of methoxy groups -OCH3 is 1. The standard InChI is InChI=1S/C26H28ClNO3/c1-28-17-18-31-24-13-7-21(8-14-24)26(20-3-9-22(29)10-4-20)25(15-16-27)19-5-11-23(30-2)12-6-19/h3-14,28-29H,15-18H2,1-2H3/b26-25-. The molecule has 0 heterocycles. The summed E-state index contributed by atoms with van der Waals surface area (Å²) in [6.45, 7) is 1.40. The normalized spacial score (nSPS) is 11.7. The van der Waals surface area contributed by atoms with Gasteiger partial charge in [-0.3, -0.25) is 0 Å². The van der Waals surface area contributed by atoms with E-state index in [-0.39, 0.29) is 5.75 Å². The lowest BCUT2D eigenvalue weighted by molar-refractivity contribution is 0.318. The Balaban J connectivity index is 2.10. The first-order valence-electron chi connectivity index (χ1n) is 10.3. The second kappa shape index (κ2) is 11.4. The maximum atomic E-state index is 9.79. The number of aromatic hydroxyl groups is 1. The van der Waals surface area contributed by atoms with Gasteiger partial charge >= 0.3 is 0 Å². The summed E-state index contributed by atoms with van der Waals surface area (Å²) in [6, 6.07) is 23.4. The molecule has 3 aromatic rings. The molecule has 0 spiro atoms. The van der Waals surface area contributed by atoms with Crippen molar-refractivity contribution in [1.29, 1.82) is 0 Å². The predicted octanol–water partition coefficient (Wildman–Crippen LogP) is 5.59. The first-order chi connectivity index (χ1) is 15.2. The molecule has 0 aromatic heterocycles. The number of hydrogen-bond acceptors (Lipinski definition) is 4. The van der Waals surface area contributed by atoms with Crippen LogP contribution < -0.4 is 14.8 Å². The third-order valence-corrected chi connectivity index (χ3v) is 5.19. The molecular weight excluding hydrogens is 410 g/mol. The minimum atomic E-state index is 0.236. The fourth-order valence-corrected chi connectivity index (χ4v) is 3.62.